The topological polar surface area (TPSA) is 53.5 Å². The van der Waals surface area contributed by atoms with E-state index in [9.17, 15) is 8.42 Å². The largest absolute Gasteiger partial charge is 0.304 e. The summed E-state index contributed by atoms with van der Waals surface area (Å²) in [4.78, 5) is 6.07. The minimum atomic E-state index is -3.12. The van der Waals surface area contributed by atoms with Crippen molar-refractivity contribution in [2.45, 2.75) is 6.42 Å². The van der Waals surface area contributed by atoms with Gasteiger partial charge in [0.15, 0.2) is 0 Å². The van der Waals surface area contributed by atoms with Crippen LogP contribution in [0.1, 0.15) is 5.56 Å². The minimum absolute atomic E-state index is 0.181. The van der Waals surface area contributed by atoms with Crippen molar-refractivity contribution < 1.29 is 8.42 Å². The van der Waals surface area contributed by atoms with Gasteiger partial charge in [0.05, 0.1) is 5.75 Å². The number of aromatic nitrogens is 1. The van der Waals surface area contributed by atoms with E-state index >= 15 is 0 Å². The first kappa shape index (κ1) is 13.5. The summed E-state index contributed by atoms with van der Waals surface area (Å²) in [5.74, 6) is 0.181. The average Bonchev–Trinajstić information content (AvgIpc) is 2.38. The number of hydrogen-bond acceptors (Lipinski definition) is 4. The fraction of sp³-hybridized carbons (Fsp3) is 0.583. The molecule has 0 unspecified atom stereocenters. The molecular formula is C12H19N3O2S. The molecule has 0 spiro atoms. The minimum Gasteiger partial charge on any atom is -0.304 e. The van der Waals surface area contributed by atoms with Gasteiger partial charge in [0.2, 0.25) is 10.0 Å². The molecule has 1 aromatic rings. The maximum absolute atomic E-state index is 12.2. The second kappa shape index (κ2) is 5.77. The van der Waals surface area contributed by atoms with Gasteiger partial charge in [-0.2, -0.15) is 4.31 Å². The highest BCUT2D eigenvalue weighted by Gasteiger charge is 2.25. The van der Waals surface area contributed by atoms with Gasteiger partial charge in [-0.25, -0.2) is 8.42 Å². The van der Waals surface area contributed by atoms with E-state index in [4.69, 9.17) is 0 Å². The quantitative estimate of drug-likeness (QED) is 0.783. The molecule has 0 N–H and O–H groups in total. The summed E-state index contributed by atoms with van der Waals surface area (Å²) in [5, 5.41) is 0. The van der Waals surface area contributed by atoms with Crippen molar-refractivity contribution in [2.75, 3.05) is 39.0 Å². The molecule has 0 aliphatic carbocycles. The number of likely N-dealkylation sites (N-methyl/N-ethyl adjacent to an activating group) is 1. The first-order valence-corrected chi connectivity index (χ1v) is 7.74. The van der Waals surface area contributed by atoms with Gasteiger partial charge in [0.1, 0.15) is 0 Å². The van der Waals surface area contributed by atoms with Crippen LogP contribution < -0.4 is 0 Å². The summed E-state index contributed by atoms with van der Waals surface area (Å²) in [6, 6.07) is 3.72. The third-order valence-electron chi connectivity index (χ3n) is 3.25. The van der Waals surface area contributed by atoms with Crippen LogP contribution in [0.4, 0.5) is 0 Å². The third-order valence-corrected chi connectivity index (χ3v) is 5.13. The number of nitrogens with zero attached hydrogens (tertiary/aromatic N) is 3. The van der Waals surface area contributed by atoms with Crippen LogP contribution in [0.25, 0.3) is 0 Å². The van der Waals surface area contributed by atoms with E-state index in [-0.39, 0.29) is 5.75 Å². The summed E-state index contributed by atoms with van der Waals surface area (Å²) in [5.41, 5.74) is 1.02. The lowest BCUT2D eigenvalue weighted by atomic mass is 10.2. The summed E-state index contributed by atoms with van der Waals surface area (Å²) >= 11 is 0. The van der Waals surface area contributed by atoms with Crippen LogP contribution in [0.3, 0.4) is 0 Å². The standard InChI is InChI=1S/C12H19N3O2S/c1-14-7-9-15(10-8-14)18(16,17)11-4-12-2-5-13-6-3-12/h2-3,5-6H,4,7-11H2,1H3. The third kappa shape index (κ3) is 3.51. The van der Waals surface area contributed by atoms with E-state index in [0.29, 0.717) is 19.5 Å². The van der Waals surface area contributed by atoms with Crippen LogP contribution >= 0.6 is 0 Å². The van der Waals surface area contributed by atoms with E-state index < -0.39 is 10.0 Å². The van der Waals surface area contributed by atoms with Gasteiger partial charge < -0.3 is 4.90 Å². The fourth-order valence-electron chi connectivity index (χ4n) is 1.99. The Labute approximate surface area is 108 Å². The molecule has 18 heavy (non-hydrogen) atoms. The Kier molecular flexibility index (Phi) is 4.31. The monoisotopic (exact) mass is 269 g/mol. The van der Waals surface area contributed by atoms with Gasteiger partial charge in [0.25, 0.3) is 0 Å². The first-order chi connectivity index (χ1) is 8.58. The number of rotatable bonds is 4. The molecule has 0 atom stereocenters. The Morgan fingerprint density at radius 1 is 1.17 bits per heavy atom. The van der Waals surface area contributed by atoms with Gasteiger partial charge in [-0.1, -0.05) is 0 Å². The van der Waals surface area contributed by atoms with Crippen LogP contribution in [0, 0.1) is 0 Å². The lowest BCUT2D eigenvalue weighted by Crippen LogP contribution is -2.47. The van der Waals surface area contributed by atoms with Gasteiger partial charge in [0, 0.05) is 38.6 Å². The second-order valence-corrected chi connectivity index (χ2v) is 6.71. The highest BCUT2D eigenvalue weighted by molar-refractivity contribution is 7.89. The van der Waals surface area contributed by atoms with Gasteiger partial charge in [-0.05, 0) is 31.2 Å². The molecule has 0 radical (unpaired) electrons. The van der Waals surface area contributed by atoms with Gasteiger partial charge >= 0.3 is 0 Å². The number of piperazine rings is 1. The summed E-state index contributed by atoms with van der Waals surface area (Å²) in [6.07, 6.45) is 3.94. The molecule has 1 saturated heterocycles. The number of sulfonamides is 1. The molecule has 100 valence electrons. The molecule has 2 heterocycles. The molecule has 1 aromatic heterocycles. The Morgan fingerprint density at radius 2 is 1.78 bits per heavy atom. The Balaban J connectivity index is 1.91. The fourth-order valence-corrected chi connectivity index (χ4v) is 3.46. The molecule has 0 bridgehead atoms. The highest BCUT2D eigenvalue weighted by Crippen LogP contribution is 2.09. The van der Waals surface area contributed by atoms with Gasteiger partial charge in [-0.15, -0.1) is 0 Å². The van der Waals surface area contributed by atoms with Crippen LogP contribution in [0.15, 0.2) is 24.5 Å². The molecule has 6 heteroatoms. The van der Waals surface area contributed by atoms with E-state index in [1.165, 1.54) is 0 Å². The number of pyridine rings is 1. The molecule has 1 fully saturated rings. The zero-order valence-corrected chi connectivity index (χ0v) is 11.4. The lowest BCUT2D eigenvalue weighted by molar-refractivity contribution is 0.222. The number of aryl methyl sites for hydroxylation is 1. The summed E-state index contributed by atoms with van der Waals surface area (Å²) in [7, 11) is -1.10. The van der Waals surface area contributed by atoms with Crippen LogP contribution in [-0.2, 0) is 16.4 Å². The van der Waals surface area contributed by atoms with Crippen molar-refractivity contribution in [2.24, 2.45) is 0 Å². The van der Waals surface area contributed by atoms with Crippen LogP contribution in [0.5, 0.6) is 0 Å². The van der Waals surface area contributed by atoms with Crippen molar-refractivity contribution in [3.05, 3.63) is 30.1 Å². The lowest BCUT2D eigenvalue weighted by Gasteiger charge is -2.31. The smallest absolute Gasteiger partial charge is 0.214 e. The predicted octanol–water partition coefficient (Wildman–Crippen LogP) is 0.201. The zero-order valence-electron chi connectivity index (χ0n) is 10.6. The Hall–Kier alpha value is -0.980. The molecule has 1 aliphatic heterocycles. The van der Waals surface area contributed by atoms with Crippen molar-refractivity contribution in [3.8, 4) is 0 Å². The maximum Gasteiger partial charge on any atom is 0.214 e. The molecular weight excluding hydrogens is 250 g/mol. The zero-order chi connectivity index (χ0) is 13.0. The van der Waals surface area contributed by atoms with E-state index in [1.54, 1.807) is 16.7 Å². The van der Waals surface area contributed by atoms with Gasteiger partial charge in [-0.3, -0.25) is 4.98 Å². The first-order valence-electron chi connectivity index (χ1n) is 6.13. The molecule has 1 aliphatic rings. The van der Waals surface area contributed by atoms with E-state index in [0.717, 1.165) is 18.7 Å². The Morgan fingerprint density at radius 3 is 2.39 bits per heavy atom. The van der Waals surface area contributed by atoms with Crippen molar-refractivity contribution in [1.82, 2.24) is 14.2 Å². The van der Waals surface area contributed by atoms with Crippen molar-refractivity contribution in [1.29, 1.82) is 0 Å². The van der Waals surface area contributed by atoms with E-state index in [1.807, 2.05) is 19.2 Å². The SMILES string of the molecule is CN1CCN(S(=O)(=O)CCc2ccncc2)CC1. The van der Waals surface area contributed by atoms with Crippen molar-refractivity contribution >= 4 is 10.0 Å². The van der Waals surface area contributed by atoms with E-state index in [2.05, 4.69) is 9.88 Å². The second-order valence-electron chi connectivity index (χ2n) is 4.62. The molecule has 5 nitrogen and oxygen atoms in total. The van der Waals surface area contributed by atoms with Crippen LogP contribution in [-0.4, -0.2) is 61.6 Å². The summed E-state index contributed by atoms with van der Waals surface area (Å²) in [6.45, 7) is 2.84. The molecule has 0 amide bonds. The number of hydrogen-bond donors (Lipinski definition) is 0. The maximum atomic E-state index is 12.2. The molecule has 0 aromatic carbocycles. The molecule has 2 rings (SSSR count). The Bertz CT molecular complexity index is 467. The van der Waals surface area contributed by atoms with Crippen LogP contribution in [0.2, 0.25) is 0 Å². The highest BCUT2D eigenvalue weighted by atomic mass is 32.2. The molecule has 0 saturated carbocycles. The normalized spacial score (nSPS) is 18.9. The van der Waals surface area contributed by atoms with Crippen molar-refractivity contribution in [3.63, 3.8) is 0 Å². The predicted molar refractivity (Wildman–Crippen MR) is 70.8 cm³/mol. The summed E-state index contributed by atoms with van der Waals surface area (Å²) < 4.78 is 25.9. The average molecular weight is 269 g/mol.